The Hall–Kier alpha value is -1.39. The van der Waals surface area contributed by atoms with Gasteiger partial charge in [0.05, 0.1) is 21.4 Å². The highest BCUT2D eigenvalue weighted by atomic mass is 35.5. The van der Waals surface area contributed by atoms with Gasteiger partial charge >= 0.3 is 6.18 Å². The van der Waals surface area contributed by atoms with Crippen molar-refractivity contribution < 1.29 is 36.0 Å². The van der Waals surface area contributed by atoms with Crippen LogP contribution in [-0.4, -0.2) is 43.4 Å². The lowest BCUT2D eigenvalue weighted by Crippen LogP contribution is -2.35. The lowest BCUT2D eigenvalue weighted by molar-refractivity contribution is -0.133. The van der Waals surface area contributed by atoms with Crippen LogP contribution in [0.5, 0.6) is 0 Å². The summed E-state index contributed by atoms with van der Waals surface area (Å²) in [6, 6.07) is 2.21. The molecule has 0 aliphatic heterocycles. The molecule has 11 heteroatoms. The summed E-state index contributed by atoms with van der Waals surface area (Å²) in [5, 5.41) is -0.342. The number of hydrogen-bond acceptors (Lipinski definition) is 6. The van der Waals surface area contributed by atoms with Crippen LogP contribution in [0.1, 0.15) is 42.1 Å². The van der Waals surface area contributed by atoms with Crippen LogP contribution in [-0.2, 0) is 25.2 Å². The molecule has 1 fully saturated rings. The average molecular weight is 471 g/mol. The molecule has 0 radical (unpaired) electrons. The van der Waals surface area contributed by atoms with E-state index in [1.165, 1.54) is 6.92 Å². The summed E-state index contributed by atoms with van der Waals surface area (Å²) >= 11 is 6.64. The third-order valence-electron chi connectivity index (χ3n) is 4.45. The maximum atomic E-state index is 12.8. The standard InChI is InChI=1S/C18H18ClF3O5S2/c1-2-29(26,27)14-7-6-10(16(19)11(14)8-28-9-18(20,21)22)17(25)15-12(23)4-3-5-13(15)24/h6-7,15H,2-5,8-9H2,1H3. The van der Waals surface area contributed by atoms with E-state index in [1.54, 1.807) is 0 Å². The maximum absolute atomic E-state index is 12.8. The number of ketones is 3. The second kappa shape index (κ2) is 9.18. The number of carbonyl (C=O) groups excluding carboxylic acids is 3. The van der Waals surface area contributed by atoms with Crippen molar-refractivity contribution in [3.05, 3.63) is 28.3 Å². The highest BCUT2D eigenvalue weighted by molar-refractivity contribution is 7.98. The normalized spacial score (nSPS) is 16.3. The zero-order valence-corrected chi connectivity index (χ0v) is 17.7. The Labute approximate surface area is 175 Å². The Morgan fingerprint density at radius 3 is 2.31 bits per heavy atom. The Balaban J connectivity index is 2.49. The summed E-state index contributed by atoms with van der Waals surface area (Å²) in [7, 11) is -3.83. The van der Waals surface area contributed by atoms with E-state index in [9.17, 15) is 36.0 Å². The van der Waals surface area contributed by atoms with E-state index < -0.39 is 50.8 Å². The van der Waals surface area contributed by atoms with Crippen LogP contribution in [0.2, 0.25) is 5.02 Å². The van der Waals surface area contributed by atoms with Crippen LogP contribution in [0.3, 0.4) is 0 Å². The average Bonchev–Trinajstić information content (AvgIpc) is 2.61. The molecule has 0 bridgehead atoms. The first-order chi connectivity index (χ1) is 13.4. The van der Waals surface area contributed by atoms with Crippen LogP contribution in [0.4, 0.5) is 13.2 Å². The minimum atomic E-state index is -4.46. The van der Waals surface area contributed by atoms with Crippen molar-refractivity contribution >= 4 is 50.5 Å². The maximum Gasteiger partial charge on any atom is 0.397 e. The van der Waals surface area contributed by atoms with E-state index >= 15 is 0 Å². The molecule has 0 unspecified atom stereocenters. The molecule has 1 saturated carbocycles. The fourth-order valence-corrected chi connectivity index (χ4v) is 5.52. The van der Waals surface area contributed by atoms with E-state index in [2.05, 4.69) is 0 Å². The number of halogens is 4. The van der Waals surface area contributed by atoms with Crippen molar-refractivity contribution in [1.82, 2.24) is 0 Å². The molecule has 0 N–H and O–H groups in total. The van der Waals surface area contributed by atoms with Gasteiger partial charge < -0.3 is 0 Å². The Morgan fingerprint density at radius 2 is 1.79 bits per heavy atom. The van der Waals surface area contributed by atoms with Crippen LogP contribution in [0.25, 0.3) is 0 Å². The molecule has 0 spiro atoms. The number of rotatable bonds is 7. The molecule has 0 saturated heterocycles. The van der Waals surface area contributed by atoms with Gasteiger partial charge in [-0.25, -0.2) is 8.42 Å². The molecule has 0 atom stereocenters. The van der Waals surface area contributed by atoms with Gasteiger partial charge in [0.15, 0.2) is 27.2 Å². The van der Waals surface area contributed by atoms with Gasteiger partial charge in [0.25, 0.3) is 0 Å². The lowest BCUT2D eigenvalue weighted by atomic mass is 9.81. The largest absolute Gasteiger partial charge is 0.397 e. The zero-order valence-electron chi connectivity index (χ0n) is 15.3. The molecular weight excluding hydrogens is 453 g/mol. The summed E-state index contributed by atoms with van der Waals surface area (Å²) in [5.74, 6) is -5.39. The Bertz CT molecular complexity index is 926. The van der Waals surface area contributed by atoms with Crippen LogP contribution in [0.15, 0.2) is 17.0 Å². The Kier molecular flexibility index (Phi) is 7.56. The second-order valence-corrected chi connectivity index (χ2v) is 10.1. The predicted molar refractivity (Wildman–Crippen MR) is 103 cm³/mol. The molecule has 2 rings (SSSR count). The number of benzene rings is 1. The number of thioether (sulfide) groups is 1. The topological polar surface area (TPSA) is 85.3 Å². The predicted octanol–water partition coefficient (Wildman–Crippen LogP) is 4.05. The summed E-state index contributed by atoms with van der Waals surface area (Å²) in [4.78, 5) is 36.7. The molecule has 0 heterocycles. The van der Waals surface area contributed by atoms with Gasteiger partial charge in [-0.15, -0.1) is 11.8 Å². The molecule has 160 valence electrons. The summed E-state index contributed by atoms with van der Waals surface area (Å²) in [5.41, 5.74) is -0.373. The molecule has 0 amide bonds. The van der Waals surface area contributed by atoms with E-state index in [1.807, 2.05) is 0 Å². The van der Waals surface area contributed by atoms with Gasteiger partial charge in [-0.1, -0.05) is 18.5 Å². The van der Waals surface area contributed by atoms with Crippen molar-refractivity contribution in [3.8, 4) is 0 Å². The summed E-state index contributed by atoms with van der Waals surface area (Å²) in [6.45, 7) is 1.37. The summed E-state index contributed by atoms with van der Waals surface area (Å²) < 4.78 is 62.2. The monoisotopic (exact) mass is 470 g/mol. The minimum absolute atomic E-state index is 0.0658. The molecular formula is C18H18ClF3O5S2. The first-order valence-corrected chi connectivity index (χ1v) is 11.9. The zero-order chi connectivity index (χ0) is 22.0. The third kappa shape index (κ3) is 5.61. The van der Waals surface area contributed by atoms with Gasteiger partial charge in [-0.3, -0.25) is 14.4 Å². The van der Waals surface area contributed by atoms with Gasteiger partial charge in [0, 0.05) is 24.2 Å². The van der Waals surface area contributed by atoms with Crippen molar-refractivity contribution in [2.45, 2.75) is 43.0 Å². The van der Waals surface area contributed by atoms with Gasteiger partial charge in [-0.05, 0) is 24.1 Å². The quantitative estimate of drug-likeness (QED) is 0.441. The molecule has 1 aromatic rings. The minimum Gasteiger partial charge on any atom is -0.298 e. The van der Waals surface area contributed by atoms with Crippen molar-refractivity contribution in [2.75, 3.05) is 11.5 Å². The number of sulfone groups is 1. The number of Topliss-reactive ketones (excluding diaryl/α,β-unsaturated/α-hetero) is 3. The van der Waals surface area contributed by atoms with Gasteiger partial charge in [0.1, 0.15) is 5.92 Å². The highest BCUT2D eigenvalue weighted by Crippen LogP contribution is 2.35. The molecule has 1 aliphatic carbocycles. The smallest absolute Gasteiger partial charge is 0.298 e. The molecule has 29 heavy (non-hydrogen) atoms. The van der Waals surface area contributed by atoms with E-state index in [4.69, 9.17) is 11.6 Å². The fourth-order valence-electron chi connectivity index (χ4n) is 3.00. The van der Waals surface area contributed by atoms with E-state index in [0.29, 0.717) is 18.2 Å². The second-order valence-electron chi connectivity index (χ2n) is 6.50. The van der Waals surface area contributed by atoms with Crippen LogP contribution in [0, 0.1) is 5.92 Å². The van der Waals surface area contributed by atoms with Crippen molar-refractivity contribution in [1.29, 1.82) is 0 Å². The van der Waals surface area contributed by atoms with E-state index in [0.717, 1.165) is 12.1 Å². The first kappa shape index (κ1) is 23.9. The lowest BCUT2D eigenvalue weighted by Gasteiger charge is -2.20. The summed E-state index contributed by atoms with van der Waals surface area (Å²) in [6.07, 6.45) is -3.98. The number of alkyl halides is 3. The molecule has 1 aliphatic rings. The van der Waals surface area contributed by atoms with Crippen LogP contribution < -0.4 is 0 Å². The van der Waals surface area contributed by atoms with Gasteiger partial charge in [-0.2, -0.15) is 13.2 Å². The van der Waals surface area contributed by atoms with Crippen molar-refractivity contribution in [2.24, 2.45) is 5.92 Å². The number of carbonyl (C=O) groups is 3. The molecule has 5 nitrogen and oxygen atoms in total. The van der Waals surface area contributed by atoms with Crippen LogP contribution >= 0.6 is 23.4 Å². The third-order valence-corrected chi connectivity index (χ3v) is 7.71. The molecule has 0 aromatic heterocycles. The van der Waals surface area contributed by atoms with Gasteiger partial charge in [0.2, 0.25) is 0 Å². The van der Waals surface area contributed by atoms with E-state index in [-0.39, 0.29) is 39.6 Å². The SMILES string of the molecule is CCS(=O)(=O)c1ccc(C(=O)C2C(=O)CCCC2=O)c(Cl)c1CSCC(F)(F)F. The highest BCUT2D eigenvalue weighted by Gasteiger charge is 2.38. The molecule has 1 aromatic carbocycles. The van der Waals surface area contributed by atoms with Crippen molar-refractivity contribution in [3.63, 3.8) is 0 Å². The first-order valence-electron chi connectivity index (χ1n) is 8.67. The Morgan fingerprint density at radius 1 is 1.21 bits per heavy atom. The number of hydrogen-bond donors (Lipinski definition) is 0. The fraction of sp³-hybridized carbons (Fsp3) is 0.500.